The number of rotatable bonds is 17. The number of sulfonamides is 2. The van der Waals surface area contributed by atoms with Crippen LogP contribution in [0.4, 0.5) is 21.9 Å². The van der Waals surface area contributed by atoms with Crippen LogP contribution in [0, 0.1) is 61.7 Å². The number of carbonyl (C=O) groups is 2. The second kappa shape index (κ2) is 35.4. The summed E-state index contributed by atoms with van der Waals surface area (Å²) in [6.45, 7) is 3.10. The zero-order valence-electron chi connectivity index (χ0n) is 56.9. The molecule has 6 aliphatic heterocycles. The van der Waals surface area contributed by atoms with Gasteiger partial charge in [0.2, 0.25) is 20.0 Å². The standard InChI is InChI=1S/C34H46N2O8S.C24H31N3O6S.C15H15NO7/c35-27-11-12-31-25(16-27)20-41-14-8-3-1-2-7-13-36(45(31,39)40)19-30(37)24(15-23-9-5-4-6-10-23)18-32(38)44-33-26-17-28-29(33)22-43-34(28)42-21-26;25-22(15-19-9-5-4-6-10-19)23(28)17-26-13-7-2-1-3-8-14-33-18-20-16-21(27(29)30)11-12-24(20)34(26,31)32;17-15(22-10-3-1-9(2-4-10)16(18)19)23-13-8-5-11-12(13)7-21-14(11)20-6-8/h4-6,9-12,16,24,26,28-30,33-34,37H,1-3,7-8,13-15,17-22,35H2;3-6,8-12,16,22-23,28H,1-2,7,13-15,17-18,25H2;1-4,8,11-14H,5-7H2/t24-,26?,28?,29?,30-,33+,34+;22-,23+;8?,11?,12?,13-,14-/m100/s1. The predicted octanol–water partition coefficient (Wildman–Crippen LogP) is 8.79. The molecule has 14 atom stereocenters. The van der Waals surface area contributed by atoms with Gasteiger partial charge in [-0.15, -0.1) is 0 Å². The van der Waals surface area contributed by atoms with E-state index in [1.807, 2.05) is 72.8 Å². The molecule has 0 radical (unpaired) electrons. The first-order valence-electron chi connectivity index (χ1n) is 35.1. The van der Waals surface area contributed by atoms with Gasteiger partial charge in [0.1, 0.15) is 18.0 Å². The van der Waals surface area contributed by atoms with Crippen LogP contribution in [0.25, 0.3) is 0 Å². The molecule has 27 nitrogen and oxygen atoms in total. The molecule has 6 fully saturated rings. The van der Waals surface area contributed by atoms with Gasteiger partial charge >= 0.3 is 12.1 Å². The van der Waals surface area contributed by atoms with Crippen LogP contribution in [0.1, 0.15) is 92.9 Å². The number of β-amino-alcohol motifs (C(OH)–C–C–N with tert-alkyl or cyclic N) is 2. The fourth-order valence-electron chi connectivity index (χ4n) is 15.0. The molecule has 29 heteroatoms. The number of hydrogen-bond acceptors (Lipinski definition) is 23. The highest BCUT2D eigenvalue weighted by molar-refractivity contribution is 7.89. The fourth-order valence-corrected chi connectivity index (χ4v) is 18.4. The number of esters is 1. The molecule has 0 spiro atoms. The van der Waals surface area contributed by atoms with Crippen molar-refractivity contribution in [2.45, 2.75) is 150 Å². The van der Waals surface area contributed by atoms with E-state index < -0.39 is 60.2 Å². The van der Waals surface area contributed by atoms with Crippen LogP contribution in [-0.4, -0.2) is 166 Å². The minimum Gasteiger partial charge on any atom is -0.462 e. The Bertz CT molecular complexity index is 3900. The SMILES string of the molecule is N[C@@H](Cc1ccccc1)[C@H](O)CN1CCCCC=CCOCc2cc([N+](=O)[O-])ccc2S1(=O)=O.Nc1ccc2c(c1)COCCCCCCCN(C[C@@H](O)[C@@H](CC(=O)O[C@H]1C3CO[C@H]4OCC1C4C3)Cc1ccccc1)S2(=O)=O.O=C(Oc1ccc([N+](=O)[O-])cc1)O[C@H]1C2CO[C@H]3OCC1C3C2. The molecular formula is C73H92N6O21S2. The molecule has 552 valence electrons. The molecule has 2 aliphatic carbocycles. The zero-order chi connectivity index (χ0) is 71.9. The van der Waals surface area contributed by atoms with Crippen molar-refractivity contribution in [1.29, 1.82) is 0 Å². The van der Waals surface area contributed by atoms with Gasteiger partial charge in [0.15, 0.2) is 12.6 Å². The Morgan fingerprint density at radius 3 is 1.75 bits per heavy atom. The molecule has 13 rings (SSSR count). The number of non-ortho nitro benzene ring substituents is 2. The lowest BCUT2D eigenvalue weighted by Crippen LogP contribution is -2.47. The Morgan fingerprint density at radius 1 is 0.588 bits per heavy atom. The van der Waals surface area contributed by atoms with E-state index in [0.29, 0.717) is 70.0 Å². The smallest absolute Gasteiger partial charge is 0.462 e. The first kappa shape index (κ1) is 75.8. The number of nitrogens with two attached hydrogens (primary N) is 2. The average molecular weight is 1450 g/mol. The van der Waals surface area contributed by atoms with Crippen LogP contribution in [0.2, 0.25) is 0 Å². The van der Waals surface area contributed by atoms with E-state index >= 15 is 0 Å². The summed E-state index contributed by atoms with van der Waals surface area (Å²) in [6, 6.07) is 32.1. The largest absolute Gasteiger partial charge is 0.514 e. The first-order valence-corrected chi connectivity index (χ1v) is 38.0. The summed E-state index contributed by atoms with van der Waals surface area (Å²) in [5.74, 6) is 0.394. The number of anilines is 1. The number of carbonyl (C=O) groups excluding carboxylic acids is 2. The first-order chi connectivity index (χ1) is 49.2. The molecule has 6 heterocycles. The van der Waals surface area contributed by atoms with Crippen LogP contribution < -0.4 is 16.2 Å². The summed E-state index contributed by atoms with van der Waals surface area (Å²) in [7, 11) is -8.08. The molecule has 5 aromatic carbocycles. The molecular weight excluding hydrogens is 1360 g/mol. The monoisotopic (exact) mass is 1450 g/mol. The van der Waals surface area contributed by atoms with E-state index in [9.17, 15) is 56.9 Å². The Labute approximate surface area is 594 Å². The van der Waals surface area contributed by atoms with E-state index in [-0.39, 0.29) is 151 Å². The van der Waals surface area contributed by atoms with Gasteiger partial charge in [0.05, 0.1) is 84.5 Å². The van der Waals surface area contributed by atoms with Crippen molar-refractivity contribution in [3.8, 4) is 5.75 Å². The molecule has 102 heavy (non-hydrogen) atoms. The van der Waals surface area contributed by atoms with Crippen molar-refractivity contribution < 1.29 is 89.1 Å². The summed E-state index contributed by atoms with van der Waals surface area (Å²) >= 11 is 0. The second-order valence-corrected chi connectivity index (χ2v) is 31.3. The van der Waals surface area contributed by atoms with Crippen molar-refractivity contribution >= 4 is 49.2 Å². The highest BCUT2D eigenvalue weighted by atomic mass is 32.2. The summed E-state index contributed by atoms with van der Waals surface area (Å²) in [4.78, 5) is 46.3. The van der Waals surface area contributed by atoms with Gasteiger partial charge in [-0.05, 0) is 111 Å². The van der Waals surface area contributed by atoms with Gasteiger partial charge in [0.25, 0.3) is 11.4 Å². The van der Waals surface area contributed by atoms with Gasteiger partial charge in [-0.25, -0.2) is 21.6 Å². The van der Waals surface area contributed by atoms with Crippen LogP contribution >= 0.6 is 0 Å². The van der Waals surface area contributed by atoms with Crippen molar-refractivity contribution in [2.24, 2.45) is 47.2 Å². The second-order valence-electron chi connectivity index (χ2n) is 27.4. The number of fused-ring (bicyclic) bond motifs is 4. The van der Waals surface area contributed by atoms with Crippen molar-refractivity contribution in [1.82, 2.24) is 8.61 Å². The Morgan fingerprint density at radius 2 is 1.12 bits per heavy atom. The van der Waals surface area contributed by atoms with Crippen LogP contribution in [0.5, 0.6) is 5.75 Å². The fraction of sp³-hybridized carbons (Fsp3) is 0.534. The molecule has 0 aromatic heterocycles. The lowest BCUT2D eigenvalue weighted by atomic mass is 9.90. The summed E-state index contributed by atoms with van der Waals surface area (Å²) in [6.07, 6.45) is 9.09. The average Bonchev–Trinajstić information content (AvgIpc) is 1.61. The van der Waals surface area contributed by atoms with Gasteiger partial charge in [0, 0.05) is 116 Å². The number of benzene rings is 5. The van der Waals surface area contributed by atoms with Gasteiger partial charge in [-0.2, -0.15) is 8.61 Å². The number of allylic oxidation sites excluding steroid dienone is 1. The number of nitrogen functional groups attached to an aromatic ring is 1. The molecule has 6 N–H and O–H groups in total. The molecule has 6 unspecified atom stereocenters. The maximum atomic E-state index is 14.2. The highest BCUT2D eigenvalue weighted by Gasteiger charge is 2.58. The van der Waals surface area contributed by atoms with Crippen molar-refractivity contribution in [3.63, 3.8) is 0 Å². The summed E-state index contributed by atoms with van der Waals surface area (Å²) in [5.41, 5.74) is 15.0. The van der Waals surface area contributed by atoms with Crippen LogP contribution in [-0.2, 0) is 88.8 Å². The molecule has 8 aliphatic rings. The highest BCUT2D eigenvalue weighted by Crippen LogP contribution is 2.51. The van der Waals surface area contributed by atoms with Crippen LogP contribution in [0.3, 0.4) is 0 Å². The normalized spacial score (nSPS) is 27.2. The van der Waals surface area contributed by atoms with E-state index in [4.69, 9.17) is 54.1 Å². The Balaban J connectivity index is 0.000000162. The third-order valence-corrected chi connectivity index (χ3v) is 24.4. The minimum absolute atomic E-state index is 0.0311. The lowest BCUT2D eigenvalue weighted by molar-refractivity contribution is -0.385. The van der Waals surface area contributed by atoms with Gasteiger partial charge in [-0.3, -0.25) is 25.0 Å². The van der Waals surface area contributed by atoms with Gasteiger partial charge < -0.3 is 64.3 Å². The van der Waals surface area contributed by atoms with Crippen molar-refractivity contribution in [2.75, 3.05) is 71.6 Å². The number of ether oxygens (including phenoxy) is 9. The van der Waals surface area contributed by atoms with E-state index in [2.05, 4.69) is 0 Å². The summed E-state index contributed by atoms with van der Waals surface area (Å²) in [5, 5.41) is 44.4. The molecule has 5 aromatic rings. The van der Waals surface area contributed by atoms with E-state index in [0.717, 1.165) is 62.5 Å². The number of aliphatic hydroxyl groups is 2. The molecule has 2 saturated carbocycles. The molecule has 4 bridgehead atoms. The Kier molecular flexibility index (Phi) is 26.3. The number of nitro groups is 2. The van der Waals surface area contributed by atoms with Crippen LogP contribution in [0.15, 0.2) is 143 Å². The van der Waals surface area contributed by atoms with E-state index in [1.54, 1.807) is 12.1 Å². The van der Waals surface area contributed by atoms with Crippen molar-refractivity contribution in [3.05, 3.63) is 176 Å². The number of hydrogen-bond donors (Lipinski definition) is 4. The van der Waals surface area contributed by atoms with E-state index in [1.165, 1.54) is 57.1 Å². The maximum Gasteiger partial charge on any atom is 0.514 e. The molecule has 4 saturated heterocycles. The lowest BCUT2D eigenvalue weighted by Gasteiger charge is -2.31. The zero-order valence-corrected chi connectivity index (χ0v) is 58.5. The summed E-state index contributed by atoms with van der Waals surface area (Å²) < 4.78 is 109. The Hall–Kier alpha value is -7.36. The predicted molar refractivity (Wildman–Crippen MR) is 371 cm³/mol. The van der Waals surface area contributed by atoms with Gasteiger partial charge in [-0.1, -0.05) is 92.1 Å². The number of aliphatic hydroxyl groups excluding tert-OH is 2. The minimum atomic E-state index is -4.07. The topological polar surface area (TPSA) is 371 Å². The molecule has 0 amide bonds. The number of nitrogens with zero attached hydrogens (tertiary/aromatic N) is 4. The number of nitro benzene ring substituents is 2. The third kappa shape index (κ3) is 19.3. The quantitative estimate of drug-likeness (QED) is 0.0169. The maximum absolute atomic E-state index is 14.2. The third-order valence-electron chi connectivity index (χ3n) is 20.4.